The summed E-state index contributed by atoms with van der Waals surface area (Å²) in [6.45, 7) is 3.71. The molecule has 1 aromatic heterocycles. The van der Waals surface area contributed by atoms with Crippen molar-refractivity contribution in [2.45, 2.75) is 69.6 Å². The van der Waals surface area contributed by atoms with Gasteiger partial charge in [-0.25, -0.2) is 0 Å². The highest BCUT2D eigenvalue weighted by molar-refractivity contribution is 14.0. The maximum atomic E-state index is 6.21. The van der Waals surface area contributed by atoms with E-state index < -0.39 is 0 Å². The van der Waals surface area contributed by atoms with Gasteiger partial charge >= 0.3 is 0 Å². The number of rotatable bonds is 6. The zero-order valence-electron chi connectivity index (χ0n) is 17.8. The zero-order valence-corrected chi connectivity index (χ0v) is 20.1. The average molecular weight is 523 g/mol. The van der Waals surface area contributed by atoms with E-state index in [9.17, 15) is 0 Å². The lowest BCUT2D eigenvalue weighted by Crippen LogP contribution is -2.51. The largest absolute Gasteiger partial charge is 0.469 e. The van der Waals surface area contributed by atoms with E-state index in [-0.39, 0.29) is 35.6 Å². The minimum atomic E-state index is 0. The Balaban J connectivity index is 0.00000256. The van der Waals surface area contributed by atoms with Crippen molar-refractivity contribution in [1.29, 1.82) is 0 Å². The molecule has 4 rings (SSSR count). The molecule has 1 saturated heterocycles. The highest BCUT2D eigenvalue weighted by Gasteiger charge is 2.40. The van der Waals surface area contributed by atoms with Gasteiger partial charge in [-0.05, 0) is 50.3 Å². The van der Waals surface area contributed by atoms with Crippen LogP contribution in [-0.4, -0.2) is 30.8 Å². The molecule has 2 N–H and O–H groups in total. The maximum Gasteiger partial charge on any atom is 0.191 e. The highest BCUT2D eigenvalue weighted by atomic mass is 127. The van der Waals surface area contributed by atoms with Crippen molar-refractivity contribution in [3.05, 3.63) is 60.1 Å². The number of guanidine groups is 1. The Morgan fingerprint density at radius 2 is 1.97 bits per heavy atom. The molecule has 1 aliphatic heterocycles. The predicted octanol–water partition coefficient (Wildman–Crippen LogP) is 5.23. The third-order valence-corrected chi connectivity index (χ3v) is 6.21. The van der Waals surface area contributed by atoms with Gasteiger partial charge in [0.25, 0.3) is 0 Å². The number of furan rings is 1. The molecule has 0 radical (unpaired) electrons. The Morgan fingerprint density at radius 3 is 2.70 bits per heavy atom. The lowest BCUT2D eigenvalue weighted by atomic mass is 9.89. The molecule has 2 atom stereocenters. The first kappa shape index (κ1) is 23.1. The molecule has 2 heterocycles. The van der Waals surface area contributed by atoms with Crippen LogP contribution in [0.1, 0.15) is 62.8 Å². The molecule has 164 valence electrons. The molecule has 1 aliphatic carbocycles. The van der Waals surface area contributed by atoms with Gasteiger partial charge in [0.05, 0.1) is 17.9 Å². The molecule has 2 aliphatic rings. The van der Waals surface area contributed by atoms with Gasteiger partial charge in [-0.3, -0.25) is 4.99 Å². The number of ether oxygens (including phenoxy) is 1. The van der Waals surface area contributed by atoms with Crippen molar-refractivity contribution in [2.75, 3.05) is 13.2 Å². The van der Waals surface area contributed by atoms with E-state index >= 15 is 0 Å². The van der Waals surface area contributed by atoms with Crippen molar-refractivity contribution in [2.24, 2.45) is 4.99 Å². The highest BCUT2D eigenvalue weighted by Crippen LogP contribution is 2.39. The molecule has 2 fully saturated rings. The number of benzene rings is 1. The number of nitrogens with one attached hydrogen (secondary N) is 2. The summed E-state index contributed by atoms with van der Waals surface area (Å²) in [5.74, 6) is 1.85. The Hall–Kier alpha value is -1.54. The van der Waals surface area contributed by atoms with Crippen LogP contribution in [0.25, 0.3) is 0 Å². The van der Waals surface area contributed by atoms with Crippen LogP contribution in [0.4, 0.5) is 0 Å². The second-order valence-corrected chi connectivity index (χ2v) is 8.41. The molecule has 30 heavy (non-hydrogen) atoms. The topological polar surface area (TPSA) is 58.8 Å². The van der Waals surface area contributed by atoms with Gasteiger partial charge in [-0.1, -0.05) is 43.2 Å². The van der Waals surface area contributed by atoms with Crippen LogP contribution in [0.2, 0.25) is 0 Å². The number of halogens is 1. The number of hydrogen-bond donors (Lipinski definition) is 2. The van der Waals surface area contributed by atoms with E-state index in [2.05, 4.69) is 47.9 Å². The first-order valence-electron chi connectivity index (χ1n) is 11.0. The van der Waals surface area contributed by atoms with Gasteiger partial charge < -0.3 is 19.8 Å². The number of nitrogens with zero attached hydrogens (tertiary/aromatic N) is 1. The monoisotopic (exact) mass is 523 g/mol. The molecule has 6 heteroatoms. The quantitative estimate of drug-likeness (QED) is 0.310. The summed E-state index contributed by atoms with van der Waals surface area (Å²) < 4.78 is 11.7. The SMILES string of the molecule is CC(NC(=NCCc1ccco1)NC1CCOC2(CCCC2)C1)c1ccccc1.I. The molecular formula is C24H34IN3O2. The average Bonchev–Trinajstić information content (AvgIpc) is 3.41. The Morgan fingerprint density at radius 1 is 1.17 bits per heavy atom. The van der Waals surface area contributed by atoms with Crippen LogP contribution in [-0.2, 0) is 11.2 Å². The Labute approximate surface area is 197 Å². The van der Waals surface area contributed by atoms with E-state index in [1.165, 1.54) is 31.2 Å². The van der Waals surface area contributed by atoms with Crippen LogP contribution < -0.4 is 10.6 Å². The van der Waals surface area contributed by atoms with E-state index in [1.807, 2.05) is 12.1 Å². The van der Waals surface area contributed by atoms with Gasteiger partial charge in [0, 0.05) is 25.6 Å². The maximum absolute atomic E-state index is 6.21. The van der Waals surface area contributed by atoms with Gasteiger partial charge in [-0.15, -0.1) is 24.0 Å². The summed E-state index contributed by atoms with van der Waals surface area (Å²) in [5.41, 5.74) is 1.35. The van der Waals surface area contributed by atoms with Crippen molar-refractivity contribution < 1.29 is 9.15 Å². The van der Waals surface area contributed by atoms with E-state index in [1.54, 1.807) is 6.26 Å². The van der Waals surface area contributed by atoms with Crippen molar-refractivity contribution in [3.8, 4) is 0 Å². The van der Waals surface area contributed by atoms with Crippen LogP contribution >= 0.6 is 24.0 Å². The van der Waals surface area contributed by atoms with Gasteiger partial charge in [0.2, 0.25) is 0 Å². The summed E-state index contributed by atoms with van der Waals surface area (Å²) in [6.07, 6.45) is 9.61. The normalized spacial score (nSPS) is 21.8. The minimum absolute atomic E-state index is 0. The summed E-state index contributed by atoms with van der Waals surface area (Å²) in [6, 6.07) is 15.0. The molecular weight excluding hydrogens is 489 g/mol. The fourth-order valence-electron chi connectivity index (χ4n) is 4.61. The van der Waals surface area contributed by atoms with Crippen molar-refractivity contribution in [3.63, 3.8) is 0 Å². The molecule has 0 amide bonds. The summed E-state index contributed by atoms with van der Waals surface area (Å²) in [5, 5.41) is 7.32. The molecule has 1 spiro atoms. The van der Waals surface area contributed by atoms with Crippen molar-refractivity contribution >= 4 is 29.9 Å². The third-order valence-electron chi connectivity index (χ3n) is 6.21. The number of aliphatic imine (C=N–C) groups is 1. The van der Waals surface area contributed by atoms with Gasteiger partial charge in [0.15, 0.2) is 5.96 Å². The van der Waals surface area contributed by atoms with E-state index in [4.69, 9.17) is 14.1 Å². The lowest BCUT2D eigenvalue weighted by molar-refractivity contribution is -0.0815. The second kappa shape index (κ2) is 11.2. The third kappa shape index (κ3) is 6.23. The van der Waals surface area contributed by atoms with Gasteiger partial charge in [0.1, 0.15) is 5.76 Å². The number of hydrogen-bond acceptors (Lipinski definition) is 3. The zero-order chi connectivity index (χ0) is 19.9. The van der Waals surface area contributed by atoms with E-state index in [0.29, 0.717) is 12.6 Å². The van der Waals surface area contributed by atoms with Crippen LogP contribution in [0, 0.1) is 0 Å². The molecule has 1 aromatic carbocycles. The lowest BCUT2D eigenvalue weighted by Gasteiger charge is -2.39. The fourth-order valence-corrected chi connectivity index (χ4v) is 4.61. The molecule has 5 nitrogen and oxygen atoms in total. The van der Waals surface area contributed by atoms with Crippen LogP contribution in [0.5, 0.6) is 0 Å². The molecule has 2 aromatic rings. The standard InChI is InChI=1S/C24H33N3O2.HI/c1-19(20-8-3-2-4-9-20)26-23(25-15-11-22-10-7-16-28-22)27-21-12-17-29-24(18-21)13-5-6-14-24;/h2-4,7-10,16,19,21H,5-6,11-15,17-18H2,1H3,(H2,25,26,27);1H. The van der Waals surface area contributed by atoms with Crippen LogP contribution in [0.15, 0.2) is 58.1 Å². The first-order valence-corrected chi connectivity index (χ1v) is 11.0. The van der Waals surface area contributed by atoms with Crippen molar-refractivity contribution in [1.82, 2.24) is 10.6 Å². The van der Waals surface area contributed by atoms with Crippen LogP contribution in [0.3, 0.4) is 0 Å². The Kier molecular flexibility index (Phi) is 8.62. The van der Waals surface area contributed by atoms with Gasteiger partial charge in [-0.2, -0.15) is 0 Å². The summed E-state index contributed by atoms with van der Waals surface area (Å²) in [4.78, 5) is 4.87. The predicted molar refractivity (Wildman–Crippen MR) is 131 cm³/mol. The summed E-state index contributed by atoms with van der Waals surface area (Å²) in [7, 11) is 0. The fraction of sp³-hybridized carbons (Fsp3) is 0.542. The first-order chi connectivity index (χ1) is 14.2. The minimum Gasteiger partial charge on any atom is -0.469 e. The molecule has 0 bridgehead atoms. The smallest absolute Gasteiger partial charge is 0.191 e. The second-order valence-electron chi connectivity index (χ2n) is 8.41. The molecule has 1 saturated carbocycles. The summed E-state index contributed by atoms with van der Waals surface area (Å²) >= 11 is 0. The molecule has 2 unspecified atom stereocenters. The van der Waals surface area contributed by atoms with E-state index in [0.717, 1.165) is 37.6 Å². The Bertz CT molecular complexity index is 773.